The summed E-state index contributed by atoms with van der Waals surface area (Å²) < 4.78 is 5.44. The Labute approximate surface area is 121 Å². The molecule has 0 radical (unpaired) electrons. The molecule has 0 aromatic rings. The predicted molar refractivity (Wildman–Crippen MR) is 81.8 cm³/mol. The SMILES string of the molecule is CCCNC1(CO)CCCC(SC2CCOCC2)C1. The van der Waals surface area contributed by atoms with E-state index in [-0.39, 0.29) is 12.1 Å². The lowest BCUT2D eigenvalue weighted by molar-refractivity contribution is 0.0993. The van der Waals surface area contributed by atoms with E-state index in [0.717, 1.165) is 44.3 Å². The number of ether oxygens (including phenoxy) is 1. The molecule has 2 rings (SSSR count). The smallest absolute Gasteiger partial charge is 0.0613 e. The van der Waals surface area contributed by atoms with Gasteiger partial charge in [-0.2, -0.15) is 11.8 Å². The first-order chi connectivity index (χ1) is 9.28. The van der Waals surface area contributed by atoms with Gasteiger partial charge in [0.25, 0.3) is 0 Å². The van der Waals surface area contributed by atoms with E-state index >= 15 is 0 Å². The summed E-state index contributed by atoms with van der Waals surface area (Å²) in [4.78, 5) is 0. The Morgan fingerprint density at radius 3 is 2.74 bits per heavy atom. The zero-order valence-corrected chi connectivity index (χ0v) is 13.0. The second-order valence-electron chi connectivity index (χ2n) is 6.03. The zero-order valence-electron chi connectivity index (χ0n) is 12.2. The van der Waals surface area contributed by atoms with Crippen molar-refractivity contribution in [2.75, 3.05) is 26.4 Å². The van der Waals surface area contributed by atoms with Gasteiger partial charge in [-0.05, 0) is 45.1 Å². The van der Waals surface area contributed by atoms with Crippen LogP contribution in [0, 0.1) is 0 Å². The van der Waals surface area contributed by atoms with Crippen molar-refractivity contribution >= 4 is 11.8 Å². The quantitative estimate of drug-likeness (QED) is 0.788. The third-order valence-corrected chi connectivity index (χ3v) is 6.05. The first-order valence-electron chi connectivity index (χ1n) is 7.87. The molecular weight excluding hydrogens is 258 g/mol. The van der Waals surface area contributed by atoms with Crippen LogP contribution in [0.5, 0.6) is 0 Å². The standard InChI is InChI=1S/C15H29NO2S/c1-2-8-16-15(12-17)7-3-4-14(11-15)19-13-5-9-18-10-6-13/h13-14,16-17H,2-12H2,1H3. The summed E-state index contributed by atoms with van der Waals surface area (Å²) in [5, 5.41) is 14.9. The van der Waals surface area contributed by atoms with E-state index in [2.05, 4.69) is 24.0 Å². The molecule has 1 aliphatic carbocycles. The number of nitrogens with one attached hydrogen (secondary N) is 1. The maximum Gasteiger partial charge on any atom is 0.0613 e. The van der Waals surface area contributed by atoms with Gasteiger partial charge in [-0.25, -0.2) is 0 Å². The van der Waals surface area contributed by atoms with Gasteiger partial charge < -0.3 is 15.2 Å². The van der Waals surface area contributed by atoms with Crippen molar-refractivity contribution in [3.05, 3.63) is 0 Å². The molecule has 2 atom stereocenters. The molecule has 4 heteroatoms. The topological polar surface area (TPSA) is 41.5 Å². The van der Waals surface area contributed by atoms with Gasteiger partial charge in [-0.15, -0.1) is 0 Å². The van der Waals surface area contributed by atoms with Gasteiger partial charge in [0.05, 0.1) is 6.61 Å². The van der Waals surface area contributed by atoms with Gasteiger partial charge in [-0.1, -0.05) is 13.3 Å². The predicted octanol–water partition coefficient (Wildman–Crippen LogP) is 2.57. The lowest BCUT2D eigenvalue weighted by Gasteiger charge is -2.41. The van der Waals surface area contributed by atoms with E-state index in [4.69, 9.17) is 4.74 Å². The number of rotatable bonds is 6. The summed E-state index contributed by atoms with van der Waals surface area (Å²) in [6, 6.07) is 0. The Hall–Kier alpha value is 0.230. The molecule has 0 bridgehead atoms. The summed E-state index contributed by atoms with van der Waals surface area (Å²) in [6.45, 7) is 5.37. The lowest BCUT2D eigenvalue weighted by atomic mass is 9.82. The van der Waals surface area contributed by atoms with Gasteiger partial charge >= 0.3 is 0 Å². The molecule has 2 fully saturated rings. The monoisotopic (exact) mass is 287 g/mol. The number of hydrogen-bond acceptors (Lipinski definition) is 4. The van der Waals surface area contributed by atoms with Crippen molar-refractivity contribution in [2.24, 2.45) is 0 Å². The minimum atomic E-state index is -0.00288. The Morgan fingerprint density at radius 2 is 2.05 bits per heavy atom. The van der Waals surface area contributed by atoms with Crippen molar-refractivity contribution in [3.63, 3.8) is 0 Å². The summed E-state index contributed by atoms with van der Waals surface area (Å²) in [5.41, 5.74) is -0.00288. The van der Waals surface area contributed by atoms with Gasteiger partial charge in [0, 0.05) is 29.3 Å². The molecule has 3 nitrogen and oxygen atoms in total. The minimum absolute atomic E-state index is 0.00288. The number of aliphatic hydroxyl groups is 1. The van der Waals surface area contributed by atoms with E-state index in [1.807, 2.05) is 0 Å². The van der Waals surface area contributed by atoms with Crippen LogP contribution >= 0.6 is 11.8 Å². The molecule has 112 valence electrons. The maximum atomic E-state index is 9.80. The Kier molecular flexibility index (Phi) is 6.46. The third kappa shape index (κ3) is 4.62. The fourth-order valence-corrected chi connectivity index (χ4v) is 4.99. The second-order valence-corrected chi connectivity index (χ2v) is 7.64. The summed E-state index contributed by atoms with van der Waals surface area (Å²) >= 11 is 2.16. The molecule has 2 N–H and O–H groups in total. The summed E-state index contributed by atoms with van der Waals surface area (Å²) in [5.74, 6) is 0. The van der Waals surface area contributed by atoms with E-state index < -0.39 is 0 Å². The van der Waals surface area contributed by atoms with Crippen molar-refractivity contribution in [1.29, 1.82) is 0 Å². The van der Waals surface area contributed by atoms with Crippen LogP contribution < -0.4 is 5.32 Å². The lowest BCUT2D eigenvalue weighted by Crippen LogP contribution is -2.52. The molecule has 1 saturated heterocycles. The number of aliphatic hydroxyl groups excluding tert-OH is 1. The van der Waals surface area contributed by atoms with E-state index in [1.165, 1.54) is 25.7 Å². The molecule has 19 heavy (non-hydrogen) atoms. The fourth-order valence-electron chi connectivity index (χ4n) is 3.26. The zero-order chi connectivity index (χ0) is 13.6. The first-order valence-corrected chi connectivity index (χ1v) is 8.81. The number of hydrogen-bond donors (Lipinski definition) is 2. The highest BCUT2D eigenvalue weighted by atomic mass is 32.2. The fraction of sp³-hybridized carbons (Fsp3) is 1.00. The highest BCUT2D eigenvalue weighted by Crippen LogP contribution is 2.38. The molecule has 0 aromatic carbocycles. The van der Waals surface area contributed by atoms with Gasteiger partial charge in [-0.3, -0.25) is 0 Å². The largest absolute Gasteiger partial charge is 0.394 e. The maximum absolute atomic E-state index is 9.80. The van der Waals surface area contributed by atoms with Crippen molar-refractivity contribution in [2.45, 2.75) is 67.9 Å². The van der Waals surface area contributed by atoms with Crippen LogP contribution in [0.15, 0.2) is 0 Å². The first kappa shape index (κ1) is 15.6. The summed E-state index contributed by atoms with van der Waals surface area (Å²) in [6.07, 6.45) is 8.38. The van der Waals surface area contributed by atoms with Gasteiger partial charge in [0.1, 0.15) is 0 Å². The normalized spacial score (nSPS) is 33.5. The van der Waals surface area contributed by atoms with Crippen molar-refractivity contribution < 1.29 is 9.84 Å². The Balaban J connectivity index is 1.84. The van der Waals surface area contributed by atoms with Crippen molar-refractivity contribution in [3.8, 4) is 0 Å². The highest BCUT2D eigenvalue weighted by molar-refractivity contribution is 8.00. The van der Waals surface area contributed by atoms with Crippen LogP contribution in [-0.2, 0) is 4.74 Å². The van der Waals surface area contributed by atoms with Crippen LogP contribution in [-0.4, -0.2) is 47.5 Å². The third-order valence-electron chi connectivity index (χ3n) is 4.41. The van der Waals surface area contributed by atoms with Crippen molar-refractivity contribution in [1.82, 2.24) is 5.32 Å². The molecule has 1 aliphatic heterocycles. The average Bonchev–Trinajstić information content (AvgIpc) is 2.46. The Bertz CT molecular complexity index is 259. The van der Waals surface area contributed by atoms with E-state index in [0.29, 0.717) is 5.25 Å². The van der Waals surface area contributed by atoms with Crippen LogP contribution in [0.3, 0.4) is 0 Å². The molecule has 0 aromatic heterocycles. The molecule has 1 heterocycles. The van der Waals surface area contributed by atoms with Gasteiger partial charge in [0.2, 0.25) is 0 Å². The minimum Gasteiger partial charge on any atom is -0.394 e. The molecule has 2 aliphatic rings. The molecular formula is C15H29NO2S. The van der Waals surface area contributed by atoms with Gasteiger partial charge in [0.15, 0.2) is 0 Å². The van der Waals surface area contributed by atoms with Crippen LogP contribution in [0.4, 0.5) is 0 Å². The second kappa shape index (κ2) is 7.87. The van der Waals surface area contributed by atoms with Crippen LogP contribution in [0.2, 0.25) is 0 Å². The summed E-state index contributed by atoms with van der Waals surface area (Å²) in [7, 11) is 0. The van der Waals surface area contributed by atoms with Crippen LogP contribution in [0.25, 0.3) is 0 Å². The average molecular weight is 287 g/mol. The molecule has 2 unspecified atom stereocenters. The molecule has 0 spiro atoms. The van der Waals surface area contributed by atoms with Crippen LogP contribution in [0.1, 0.15) is 51.9 Å². The number of thioether (sulfide) groups is 1. The highest BCUT2D eigenvalue weighted by Gasteiger charge is 2.36. The van der Waals surface area contributed by atoms with E-state index in [1.54, 1.807) is 0 Å². The molecule has 1 saturated carbocycles. The molecule has 0 amide bonds. The Morgan fingerprint density at radius 1 is 1.26 bits per heavy atom. The van der Waals surface area contributed by atoms with E-state index in [9.17, 15) is 5.11 Å².